The van der Waals surface area contributed by atoms with Crippen LogP contribution < -0.4 is 14.2 Å². The lowest BCUT2D eigenvalue weighted by atomic mass is 10.1. The smallest absolute Gasteiger partial charge is 0.216 e. The maximum atomic E-state index is 10.0. The van der Waals surface area contributed by atoms with E-state index >= 15 is 0 Å². The molecule has 3 aromatic rings. The average Bonchev–Trinajstić information content (AvgIpc) is 3.06. The van der Waals surface area contributed by atoms with Crippen molar-refractivity contribution in [2.45, 2.75) is 20.5 Å². The number of aromatic hydroxyl groups is 1. The van der Waals surface area contributed by atoms with Gasteiger partial charge in [-0.3, -0.25) is 0 Å². The van der Waals surface area contributed by atoms with E-state index in [2.05, 4.69) is 21.4 Å². The molecule has 0 spiro atoms. The molecule has 0 saturated carbocycles. The van der Waals surface area contributed by atoms with Crippen LogP contribution >= 0.6 is 12.2 Å². The van der Waals surface area contributed by atoms with E-state index in [0.29, 0.717) is 16.2 Å². The molecule has 0 bridgehead atoms. The van der Waals surface area contributed by atoms with Gasteiger partial charge in [0, 0.05) is 5.56 Å². The Morgan fingerprint density at radius 2 is 1.83 bits per heavy atom. The van der Waals surface area contributed by atoms with E-state index in [1.807, 2.05) is 26.0 Å². The van der Waals surface area contributed by atoms with Crippen molar-refractivity contribution in [1.82, 2.24) is 14.9 Å². The lowest BCUT2D eigenvalue weighted by Crippen LogP contribution is -2.05. The first-order valence-electron chi connectivity index (χ1n) is 8.78. The number of nitrogens with one attached hydrogen (secondary N) is 1. The summed E-state index contributed by atoms with van der Waals surface area (Å²) in [4.78, 5) is 0. The Hall–Kier alpha value is -3.33. The van der Waals surface area contributed by atoms with E-state index in [1.165, 1.54) is 24.5 Å². The molecule has 0 atom stereocenters. The van der Waals surface area contributed by atoms with Crippen molar-refractivity contribution in [3.8, 4) is 23.0 Å². The highest BCUT2D eigenvalue weighted by Gasteiger charge is 2.11. The lowest BCUT2D eigenvalue weighted by Gasteiger charge is -2.10. The van der Waals surface area contributed by atoms with Gasteiger partial charge in [0.2, 0.25) is 10.5 Å². The van der Waals surface area contributed by atoms with Gasteiger partial charge in [-0.15, -0.1) is 0 Å². The fourth-order valence-electron chi connectivity index (χ4n) is 2.75. The molecule has 8 nitrogen and oxygen atoms in total. The third-order valence-electron chi connectivity index (χ3n) is 4.23. The molecular formula is C20H22N4O4S. The van der Waals surface area contributed by atoms with Crippen molar-refractivity contribution >= 4 is 18.4 Å². The van der Waals surface area contributed by atoms with E-state index < -0.39 is 0 Å². The Morgan fingerprint density at radius 1 is 1.14 bits per heavy atom. The largest absolute Gasteiger partial charge is 0.502 e. The highest BCUT2D eigenvalue weighted by Crippen LogP contribution is 2.36. The molecule has 2 aromatic carbocycles. The van der Waals surface area contributed by atoms with Crippen LogP contribution in [0.5, 0.6) is 23.0 Å². The monoisotopic (exact) mass is 414 g/mol. The first-order valence-corrected chi connectivity index (χ1v) is 9.19. The first kappa shape index (κ1) is 20.4. The number of phenols is 1. The molecule has 0 saturated heterocycles. The zero-order valence-electron chi connectivity index (χ0n) is 16.6. The predicted octanol–water partition coefficient (Wildman–Crippen LogP) is 3.74. The molecule has 0 radical (unpaired) electrons. The van der Waals surface area contributed by atoms with Gasteiger partial charge in [0.1, 0.15) is 12.4 Å². The Kier molecular flexibility index (Phi) is 6.18. The maximum absolute atomic E-state index is 10.0. The molecule has 152 valence electrons. The summed E-state index contributed by atoms with van der Waals surface area (Å²) in [5, 5.41) is 21.3. The molecule has 9 heteroatoms. The molecule has 0 amide bonds. The van der Waals surface area contributed by atoms with Crippen molar-refractivity contribution < 1.29 is 19.3 Å². The number of hydrogen-bond acceptors (Lipinski definition) is 7. The molecule has 29 heavy (non-hydrogen) atoms. The van der Waals surface area contributed by atoms with Crippen LogP contribution in [0.2, 0.25) is 0 Å². The minimum absolute atomic E-state index is 0.0744. The molecule has 1 aromatic heterocycles. The van der Waals surface area contributed by atoms with Crippen LogP contribution in [-0.4, -0.2) is 40.4 Å². The van der Waals surface area contributed by atoms with E-state index in [-0.39, 0.29) is 23.9 Å². The van der Waals surface area contributed by atoms with Gasteiger partial charge in [-0.2, -0.15) is 14.9 Å². The van der Waals surface area contributed by atoms with E-state index in [0.717, 1.165) is 11.3 Å². The van der Waals surface area contributed by atoms with Gasteiger partial charge in [0.05, 0.1) is 20.4 Å². The molecule has 0 unspecified atom stereocenters. The number of methoxy groups -OCH3 is 2. The molecule has 1 heterocycles. The minimum atomic E-state index is -0.0744. The first-order chi connectivity index (χ1) is 13.9. The second-order valence-electron chi connectivity index (χ2n) is 6.33. The van der Waals surface area contributed by atoms with Crippen LogP contribution in [0.1, 0.15) is 22.5 Å². The second kappa shape index (κ2) is 8.78. The van der Waals surface area contributed by atoms with Gasteiger partial charge >= 0.3 is 0 Å². The lowest BCUT2D eigenvalue weighted by molar-refractivity contribution is 0.288. The SMILES string of the molecule is COc1cc(/C=N/n2c(COc3ccc(C)cc3C)n[nH]c2=S)cc(OC)c1O. The summed E-state index contributed by atoms with van der Waals surface area (Å²) in [6.07, 6.45) is 1.57. The van der Waals surface area contributed by atoms with Gasteiger partial charge in [-0.25, -0.2) is 5.10 Å². The molecular weight excluding hydrogens is 392 g/mol. The molecule has 0 aliphatic rings. The summed E-state index contributed by atoms with van der Waals surface area (Å²) < 4.78 is 18.0. The number of aromatic amines is 1. The zero-order chi connectivity index (χ0) is 21.0. The van der Waals surface area contributed by atoms with Crippen molar-refractivity contribution in [3.05, 3.63) is 57.6 Å². The van der Waals surface area contributed by atoms with Gasteiger partial charge in [-0.1, -0.05) is 17.7 Å². The summed E-state index contributed by atoms with van der Waals surface area (Å²) in [6.45, 7) is 4.21. The van der Waals surface area contributed by atoms with Gasteiger partial charge in [0.25, 0.3) is 0 Å². The number of rotatable bonds is 7. The molecule has 0 fully saturated rings. The van der Waals surface area contributed by atoms with Gasteiger partial charge < -0.3 is 19.3 Å². The number of ether oxygens (including phenoxy) is 3. The molecule has 2 N–H and O–H groups in total. The Bertz CT molecular complexity index is 1080. The molecule has 0 aliphatic carbocycles. The quantitative estimate of drug-likeness (QED) is 0.452. The third-order valence-corrected chi connectivity index (χ3v) is 4.49. The predicted molar refractivity (Wildman–Crippen MR) is 112 cm³/mol. The van der Waals surface area contributed by atoms with Crippen LogP contribution in [-0.2, 0) is 6.61 Å². The number of aromatic nitrogens is 3. The number of hydrogen-bond donors (Lipinski definition) is 2. The van der Waals surface area contributed by atoms with E-state index in [9.17, 15) is 5.11 Å². The highest BCUT2D eigenvalue weighted by molar-refractivity contribution is 7.71. The van der Waals surface area contributed by atoms with Crippen LogP contribution in [0.15, 0.2) is 35.4 Å². The van der Waals surface area contributed by atoms with Crippen molar-refractivity contribution in [2.24, 2.45) is 5.10 Å². The number of phenolic OH excluding ortho intramolecular Hbond substituents is 1. The number of aryl methyl sites for hydroxylation is 2. The maximum Gasteiger partial charge on any atom is 0.216 e. The topological polar surface area (TPSA) is 93.9 Å². The van der Waals surface area contributed by atoms with Crippen LogP contribution in [0, 0.1) is 18.6 Å². The summed E-state index contributed by atoms with van der Waals surface area (Å²) in [5.41, 5.74) is 2.86. The summed E-state index contributed by atoms with van der Waals surface area (Å²) >= 11 is 5.27. The summed E-state index contributed by atoms with van der Waals surface area (Å²) in [6, 6.07) is 9.24. The molecule has 3 rings (SSSR count). The standard InChI is InChI=1S/C20H22N4O4S/c1-12-5-6-15(13(2)7-12)28-11-18-22-23-20(29)24(18)21-10-14-8-16(26-3)19(25)17(9-14)27-4/h5-10,25H,11H2,1-4H3,(H,23,29)/b21-10+. The van der Waals surface area contributed by atoms with Gasteiger partial charge in [-0.05, 0) is 49.8 Å². The zero-order valence-corrected chi connectivity index (χ0v) is 17.4. The normalized spacial score (nSPS) is 11.0. The second-order valence-corrected chi connectivity index (χ2v) is 6.72. The number of nitrogens with zero attached hydrogens (tertiary/aromatic N) is 3. The van der Waals surface area contributed by atoms with Crippen LogP contribution in [0.3, 0.4) is 0 Å². The van der Waals surface area contributed by atoms with Crippen molar-refractivity contribution in [1.29, 1.82) is 0 Å². The Balaban J connectivity index is 1.84. The fraction of sp³-hybridized carbons (Fsp3) is 0.250. The van der Waals surface area contributed by atoms with Crippen molar-refractivity contribution in [3.63, 3.8) is 0 Å². The Morgan fingerprint density at radius 3 is 2.45 bits per heavy atom. The summed E-state index contributed by atoms with van der Waals surface area (Å²) in [7, 11) is 2.92. The Labute approximate surface area is 173 Å². The average molecular weight is 414 g/mol. The highest BCUT2D eigenvalue weighted by atomic mass is 32.1. The van der Waals surface area contributed by atoms with Crippen LogP contribution in [0.25, 0.3) is 0 Å². The molecule has 0 aliphatic heterocycles. The minimum Gasteiger partial charge on any atom is -0.502 e. The van der Waals surface area contributed by atoms with E-state index in [4.69, 9.17) is 26.4 Å². The van der Waals surface area contributed by atoms with Crippen molar-refractivity contribution in [2.75, 3.05) is 14.2 Å². The third kappa shape index (κ3) is 4.57. The summed E-state index contributed by atoms with van der Waals surface area (Å²) in [5.74, 6) is 1.77. The fourth-order valence-corrected chi connectivity index (χ4v) is 2.95. The van der Waals surface area contributed by atoms with Crippen LogP contribution in [0.4, 0.5) is 0 Å². The van der Waals surface area contributed by atoms with Gasteiger partial charge in [0.15, 0.2) is 17.3 Å². The van der Waals surface area contributed by atoms with E-state index in [1.54, 1.807) is 18.3 Å². The number of benzene rings is 2. The number of H-pyrrole nitrogens is 1.